The van der Waals surface area contributed by atoms with Gasteiger partial charge in [0.25, 0.3) is 0 Å². The quantitative estimate of drug-likeness (QED) is 0.485. The zero-order valence-corrected chi connectivity index (χ0v) is 11.3. The Bertz CT molecular complexity index is 583. The van der Waals surface area contributed by atoms with Crippen LogP contribution in [0, 0.1) is 11.3 Å². The number of hydrogen-bond donors (Lipinski definition) is 0. The van der Waals surface area contributed by atoms with E-state index in [9.17, 15) is 18.0 Å². The Labute approximate surface area is 119 Å². The van der Waals surface area contributed by atoms with Crippen LogP contribution in [0.4, 0.5) is 13.2 Å². The molecule has 0 N–H and O–H groups in total. The van der Waals surface area contributed by atoms with E-state index in [1.54, 1.807) is 13.0 Å². The molecular formula is C14H12F3NO3. The van der Waals surface area contributed by atoms with Crippen LogP contribution in [0.15, 0.2) is 29.8 Å². The molecule has 0 aliphatic rings. The summed E-state index contributed by atoms with van der Waals surface area (Å²) in [6.45, 7) is 3.23. The van der Waals surface area contributed by atoms with E-state index in [2.05, 4.69) is 4.74 Å². The first-order valence-electron chi connectivity index (χ1n) is 5.92. The van der Waals surface area contributed by atoms with E-state index in [4.69, 9.17) is 10.00 Å². The predicted octanol–water partition coefficient (Wildman–Crippen LogP) is 3.45. The van der Waals surface area contributed by atoms with Crippen molar-refractivity contribution in [1.29, 1.82) is 5.26 Å². The summed E-state index contributed by atoms with van der Waals surface area (Å²) < 4.78 is 44.6. The third kappa shape index (κ3) is 4.84. The number of carbonyl (C=O) groups excluding carboxylic acids is 1. The summed E-state index contributed by atoms with van der Waals surface area (Å²) in [6.07, 6.45) is -4.77. The molecule has 1 aromatic rings. The molecule has 0 unspecified atom stereocenters. The van der Waals surface area contributed by atoms with Gasteiger partial charge in [0, 0.05) is 0 Å². The number of carbonyl (C=O) groups is 1. The fraction of sp³-hybridized carbons (Fsp3) is 0.286. The van der Waals surface area contributed by atoms with Gasteiger partial charge in [-0.2, -0.15) is 5.26 Å². The molecule has 7 heteroatoms. The highest BCUT2D eigenvalue weighted by Crippen LogP contribution is 2.25. The van der Waals surface area contributed by atoms with Crippen LogP contribution >= 0.6 is 0 Å². The standard InChI is InChI=1S/C14H12F3NO3/c1-3-20-13(19)12(8-18)9(2)10-4-6-11(7-5-10)21-14(15,16)17/h4-7H,3H2,1-2H3/b12-9+. The first-order valence-corrected chi connectivity index (χ1v) is 5.92. The fourth-order valence-corrected chi connectivity index (χ4v) is 1.54. The van der Waals surface area contributed by atoms with Gasteiger partial charge in [-0.15, -0.1) is 13.2 Å². The fourth-order valence-electron chi connectivity index (χ4n) is 1.54. The Balaban J connectivity index is 3.05. The summed E-state index contributed by atoms with van der Waals surface area (Å²) in [5, 5.41) is 8.98. The lowest BCUT2D eigenvalue weighted by Gasteiger charge is -2.10. The summed E-state index contributed by atoms with van der Waals surface area (Å²) in [7, 11) is 0. The van der Waals surface area contributed by atoms with E-state index in [-0.39, 0.29) is 17.9 Å². The SMILES string of the molecule is CCOC(=O)/C(C#N)=C(\C)c1ccc(OC(F)(F)F)cc1. The molecule has 0 radical (unpaired) electrons. The number of ether oxygens (including phenoxy) is 2. The van der Waals surface area contributed by atoms with Crippen molar-refractivity contribution in [3.63, 3.8) is 0 Å². The van der Waals surface area contributed by atoms with E-state index in [1.165, 1.54) is 19.1 Å². The molecule has 1 aromatic carbocycles. The summed E-state index contributed by atoms with van der Waals surface area (Å²) in [5.41, 5.74) is 0.546. The maximum Gasteiger partial charge on any atom is 0.573 e. The number of benzene rings is 1. The molecule has 0 bridgehead atoms. The van der Waals surface area contributed by atoms with Crippen LogP contribution in [0.25, 0.3) is 5.57 Å². The molecule has 0 aliphatic heterocycles. The minimum atomic E-state index is -4.77. The molecule has 0 amide bonds. The first kappa shape index (κ1) is 16.6. The predicted molar refractivity (Wildman–Crippen MR) is 68.0 cm³/mol. The molecule has 0 spiro atoms. The summed E-state index contributed by atoms with van der Waals surface area (Å²) in [4.78, 5) is 11.6. The van der Waals surface area contributed by atoms with Crippen LogP contribution in [0.5, 0.6) is 5.75 Å². The van der Waals surface area contributed by atoms with E-state index in [1.807, 2.05) is 0 Å². The number of allylic oxidation sites excluding steroid dienone is 1. The summed E-state index contributed by atoms with van der Waals surface area (Å²) in [6, 6.07) is 6.59. The van der Waals surface area contributed by atoms with Crippen molar-refractivity contribution in [3.8, 4) is 11.8 Å². The largest absolute Gasteiger partial charge is 0.573 e. The highest BCUT2D eigenvalue weighted by Gasteiger charge is 2.31. The molecule has 1 rings (SSSR count). The average Bonchev–Trinajstić information content (AvgIpc) is 2.38. The Hall–Kier alpha value is -2.49. The number of rotatable bonds is 4. The minimum absolute atomic E-state index is 0.121. The molecule has 0 saturated carbocycles. The molecule has 0 fully saturated rings. The summed E-state index contributed by atoms with van der Waals surface area (Å²) >= 11 is 0. The lowest BCUT2D eigenvalue weighted by Crippen LogP contribution is -2.17. The second kappa shape index (κ2) is 6.79. The van der Waals surface area contributed by atoms with Crippen molar-refractivity contribution >= 4 is 11.5 Å². The van der Waals surface area contributed by atoms with Crippen molar-refractivity contribution < 1.29 is 27.4 Å². The van der Waals surface area contributed by atoms with Gasteiger partial charge >= 0.3 is 12.3 Å². The van der Waals surface area contributed by atoms with E-state index in [0.717, 1.165) is 12.1 Å². The van der Waals surface area contributed by atoms with Crippen molar-refractivity contribution in [2.45, 2.75) is 20.2 Å². The van der Waals surface area contributed by atoms with Gasteiger partial charge in [0.2, 0.25) is 0 Å². The monoisotopic (exact) mass is 299 g/mol. The van der Waals surface area contributed by atoms with Gasteiger partial charge in [-0.3, -0.25) is 0 Å². The molecule has 0 atom stereocenters. The minimum Gasteiger partial charge on any atom is -0.462 e. The van der Waals surface area contributed by atoms with Gasteiger partial charge in [-0.25, -0.2) is 4.79 Å². The number of hydrogen-bond acceptors (Lipinski definition) is 4. The van der Waals surface area contributed by atoms with Gasteiger partial charge in [0.15, 0.2) is 0 Å². The smallest absolute Gasteiger partial charge is 0.462 e. The zero-order chi connectivity index (χ0) is 16.0. The van der Waals surface area contributed by atoms with E-state index in [0.29, 0.717) is 11.1 Å². The average molecular weight is 299 g/mol. The van der Waals surface area contributed by atoms with E-state index < -0.39 is 12.3 Å². The number of esters is 1. The second-order valence-electron chi connectivity index (χ2n) is 3.90. The van der Waals surface area contributed by atoms with Gasteiger partial charge in [-0.05, 0) is 37.1 Å². The molecule has 0 aromatic heterocycles. The number of halogens is 3. The second-order valence-corrected chi connectivity index (χ2v) is 3.90. The van der Waals surface area contributed by atoms with Gasteiger partial charge in [0.1, 0.15) is 17.4 Å². The molecule has 4 nitrogen and oxygen atoms in total. The van der Waals surface area contributed by atoms with Crippen LogP contribution in [0.2, 0.25) is 0 Å². The first-order chi connectivity index (χ1) is 9.78. The molecular weight excluding hydrogens is 287 g/mol. The molecule has 21 heavy (non-hydrogen) atoms. The van der Waals surface area contributed by atoms with Crippen molar-refractivity contribution in [2.75, 3.05) is 6.61 Å². The third-order valence-corrected chi connectivity index (χ3v) is 2.49. The van der Waals surface area contributed by atoms with Crippen molar-refractivity contribution in [1.82, 2.24) is 0 Å². The van der Waals surface area contributed by atoms with Crippen molar-refractivity contribution in [2.24, 2.45) is 0 Å². The van der Waals surface area contributed by atoms with E-state index >= 15 is 0 Å². The normalized spacial score (nSPS) is 12.2. The highest BCUT2D eigenvalue weighted by molar-refractivity contribution is 6.01. The molecule has 0 saturated heterocycles. The molecule has 0 aliphatic carbocycles. The van der Waals surface area contributed by atoms with Crippen molar-refractivity contribution in [3.05, 3.63) is 35.4 Å². The van der Waals surface area contributed by atoms with Gasteiger partial charge in [-0.1, -0.05) is 12.1 Å². The lowest BCUT2D eigenvalue weighted by molar-refractivity contribution is -0.274. The topological polar surface area (TPSA) is 59.3 Å². The molecule has 112 valence electrons. The maximum atomic E-state index is 12.0. The Morgan fingerprint density at radius 1 is 1.29 bits per heavy atom. The van der Waals surface area contributed by atoms with Crippen LogP contribution in [0.1, 0.15) is 19.4 Å². The number of nitriles is 1. The molecule has 0 heterocycles. The Morgan fingerprint density at radius 3 is 2.29 bits per heavy atom. The third-order valence-electron chi connectivity index (χ3n) is 2.49. The maximum absolute atomic E-state index is 12.0. The Kier molecular flexibility index (Phi) is 5.36. The van der Waals surface area contributed by atoms with Crippen LogP contribution in [-0.4, -0.2) is 18.9 Å². The Morgan fingerprint density at radius 2 is 1.86 bits per heavy atom. The zero-order valence-electron chi connectivity index (χ0n) is 11.3. The van der Waals surface area contributed by atoms with Crippen LogP contribution in [-0.2, 0) is 9.53 Å². The number of nitrogens with zero attached hydrogens (tertiary/aromatic N) is 1. The summed E-state index contributed by atoms with van der Waals surface area (Å²) in [5.74, 6) is -1.15. The highest BCUT2D eigenvalue weighted by atomic mass is 19.4. The lowest BCUT2D eigenvalue weighted by atomic mass is 10.0. The van der Waals surface area contributed by atoms with Crippen LogP contribution < -0.4 is 4.74 Å². The van der Waals surface area contributed by atoms with Gasteiger partial charge in [0.05, 0.1) is 6.61 Å². The van der Waals surface area contributed by atoms with Crippen LogP contribution in [0.3, 0.4) is 0 Å². The van der Waals surface area contributed by atoms with Gasteiger partial charge < -0.3 is 9.47 Å². The number of alkyl halides is 3.